The molecule has 1 aromatic carbocycles. The zero-order valence-corrected chi connectivity index (χ0v) is 6.99. The molecule has 1 rings (SSSR count). The molecule has 0 saturated carbocycles. The molecule has 0 saturated heterocycles. The van der Waals surface area contributed by atoms with Crippen molar-refractivity contribution in [3.05, 3.63) is 29.8 Å². The van der Waals surface area contributed by atoms with Crippen molar-refractivity contribution in [2.45, 2.75) is 13.2 Å². The van der Waals surface area contributed by atoms with Crippen LogP contribution in [0.1, 0.15) is 5.56 Å². The first-order valence-corrected chi connectivity index (χ1v) is 3.86. The molecule has 0 spiro atoms. The van der Waals surface area contributed by atoms with Crippen LogP contribution in [-0.2, 0) is 0 Å². The number of hydrogen-bond acceptors (Lipinski definition) is 3. The topological polar surface area (TPSA) is 52.5 Å². The van der Waals surface area contributed by atoms with E-state index in [1.165, 1.54) is 0 Å². The number of rotatable bonds is 3. The van der Waals surface area contributed by atoms with Crippen LogP contribution in [-0.4, -0.2) is 23.0 Å². The predicted octanol–water partition coefficient (Wildman–Crippen LogP) is 0.718. The largest absolute Gasteiger partial charge is 0.380 e. The Labute approximate surface area is 71.7 Å². The van der Waals surface area contributed by atoms with Gasteiger partial charge in [0, 0.05) is 5.69 Å². The summed E-state index contributed by atoms with van der Waals surface area (Å²) in [4.78, 5) is 0. The molecule has 0 atom stereocenters. The van der Waals surface area contributed by atoms with Gasteiger partial charge in [0.2, 0.25) is 0 Å². The Bertz CT molecular complexity index is 248. The Morgan fingerprint density at radius 3 is 2.58 bits per heavy atom. The lowest BCUT2D eigenvalue weighted by molar-refractivity contribution is -0.0275. The molecule has 0 amide bonds. The molecular weight excluding hydrogens is 154 g/mol. The second kappa shape index (κ2) is 4.09. The first kappa shape index (κ1) is 9.03. The van der Waals surface area contributed by atoms with Gasteiger partial charge in [0.05, 0.1) is 6.54 Å². The van der Waals surface area contributed by atoms with E-state index in [-0.39, 0.29) is 6.54 Å². The minimum Gasteiger partial charge on any atom is -0.380 e. The minimum absolute atomic E-state index is 0.158. The van der Waals surface area contributed by atoms with E-state index in [0.29, 0.717) is 0 Å². The van der Waals surface area contributed by atoms with Crippen molar-refractivity contribution in [2.24, 2.45) is 0 Å². The minimum atomic E-state index is -1.30. The summed E-state index contributed by atoms with van der Waals surface area (Å²) < 4.78 is 0. The molecule has 0 aliphatic carbocycles. The van der Waals surface area contributed by atoms with E-state index in [4.69, 9.17) is 10.2 Å². The second-order valence-corrected chi connectivity index (χ2v) is 2.68. The van der Waals surface area contributed by atoms with Crippen molar-refractivity contribution in [3.63, 3.8) is 0 Å². The number of aliphatic hydroxyl groups excluding tert-OH is 1. The van der Waals surface area contributed by atoms with Crippen molar-refractivity contribution in [3.8, 4) is 0 Å². The Balaban J connectivity index is 2.57. The summed E-state index contributed by atoms with van der Waals surface area (Å²) in [5.74, 6) is 0. The van der Waals surface area contributed by atoms with Crippen molar-refractivity contribution in [1.82, 2.24) is 0 Å². The fourth-order valence-electron chi connectivity index (χ4n) is 0.972. The molecule has 0 bridgehead atoms. The molecule has 0 aromatic heterocycles. The summed E-state index contributed by atoms with van der Waals surface area (Å²) in [6.07, 6.45) is -1.30. The van der Waals surface area contributed by atoms with Crippen LogP contribution in [0.4, 0.5) is 5.69 Å². The third-order valence-electron chi connectivity index (χ3n) is 1.62. The summed E-state index contributed by atoms with van der Waals surface area (Å²) in [6.45, 7) is 2.12. The summed E-state index contributed by atoms with van der Waals surface area (Å²) in [7, 11) is 0. The first-order valence-electron chi connectivity index (χ1n) is 3.86. The third kappa shape index (κ3) is 2.53. The molecule has 66 valence electrons. The molecule has 0 unspecified atom stereocenters. The van der Waals surface area contributed by atoms with E-state index in [1.807, 2.05) is 31.2 Å². The average molecular weight is 167 g/mol. The van der Waals surface area contributed by atoms with Crippen LogP contribution in [0.5, 0.6) is 0 Å². The summed E-state index contributed by atoms with van der Waals surface area (Å²) in [5, 5.41) is 20.1. The van der Waals surface area contributed by atoms with Crippen LogP contribution in [0.25, 0.3) is 0 Å². The molecule has 3 N–H and O–H groups in total. The Hall–Kier alpha value is -1.06. The van der Waals surface area contributed by atoms with E-state index in [1.54, 1.807) is 0 Å². The molecule has 0 fully saturated rings. The molecule has 3 nitrogen and oxygen atoms in total. The molecule has 12 heavy (non-hydrogen) atoms. The predicted molar refractivity (Wildman–Crippen MR) is 47.9 cm³/mol. The molecule has 0 aliphatic rings. The fraction of sp³-hybridized carbons (Fsp3) is 0.333. The van der Waals surface area contributed by atoms with Gasteiger partial charge in [-0.2, -0.15) is 0 Å². The van der Waals surface area contributed by atoms with Crippen LogP contribution < -0.4 is 5.32 Å². The van der Waals surface area contributed by atoms with Crippen LogP contribution in [0.3, 0.4) is 0 Å². The monoisotopic (exact) mass is 167 g/mol. The number of nitrogens with one attached hydrogen (secondary N) is 1. The molecule has 0 aliphatic heterocycles. The summed E-state index contributed by atoms with van der Waals surface area (Å²) in [6, 6.07) is 7.71. The van der Waals surface area contributed by atoms with E-state index < -0.39 is 6.29 Å². The van der Waals surface area contributed by atoms with Gasteiger partial charge in [-0.1, -0.05) is 18.2 Å². The normalized spacial score (nSPS) is 10.3. The summed E-state index contributed by atoms with van der Waals surface area (Å²) in [5.41, 5.74) is 2.03. The third-order valence-corrected chi connectivity index (χ3v) is 1.62. The fourth-order valence-corrected chi connectivity index (χ4v) is 0.972. The van der Waals surface area contributed by atoms with Crippen LogP contribution in [0.15, 0.2) is 24.3 Å². The SMILES string of the molecule is Cc1ccccc1NCC(O)O. The lowest BCUT2D eigenvalue weighted by atomic mass is 10.2. The molecule has 3 heteroatoms. The van der Waals surface area contributed by atoms with Gasteiger partial charge in [0.15, 0.2) is 6.29 Å². The Morgan fingerprint density at radius 2 is 2.00 bits per heavy atom. The lowest BCUT2D eigenvalue weighted by Crippen LogP contribution is -2.18. The zero-order chi connectivity index (χ0) is 8.97. The van der Waals surface area contributed by atoms with Gasteiger partial charge in [0.25, 0.3) is 0 Å². The second-order valence-electron chi connectivity index (χ2n) is 2.68. The quantitative estimate of drug-likeness (QED) is 0.581. The van der Waals surface area contributed by atoms with Gasteiger partial charge in [-0.15, -0.1) is 0 Å². The molecule has 0 radical (unpaired) electrons. The van der Waals surface area contributed by atoms with E-state index in [2.05, 4.69) is 5.32 Å². The van der Waals surface area contributed by atoms with Gasteiger partial charge in [-0.25, -0.2) is 0 Å². The maximum absolute atomic E-state index is 8.60. The van der Waals surface area contributed by atoms with Crippen LogP contribution >= 0.6 is 0 Å². The first-order chi connectivity index (χ1) is 5.70. The maximum atomic E-state index is 8.60. The Morgan fingerprint density at radius 1 is 1.33 bits per heavy atom. The highest BCUT2D eigenvalue weighted by Gasteiger charge is 1.98. The van der Waals surface area contributed by atoms with Crippen molar-refractivity contribution < 1.29 is 10.2 Å². The number of para-hydroxylation sites is 1. The highest BCUT2D eigenvalue weighted by molar-refractivity contribution is 5.50. The Kier molecular flexibility index (Phi) is 3.08. The van der Waals surface area contributed by atoms with Crippen LogP contribution in [0.2, 0.25) is 0 Å². The average Bonchev–Trinajstić information content (AvgIpc) is 2.03. The number of benzene rings is 1. The summed E-state index contributed by atoms with van der Waals surface area (Å²) >= 11 is 0. The smallest absolute Gasteiger partial charge is 0.169 e. The van der Waals surface area contributed by atoms with Gasteiger partial charge in [-0.3, -0.25) is 0 Å². The standard InChI is InChI=1S/C9H13NO2/c1-7-4-2-3-5-8(7)10-6-9(11)12/h2-5,9-12H,6H2,1H3. The van der Waals surface area contributed by atoms with Gasteiger partial charge >= 0.3 is 0 Å². The number of anilines is 1. The number of hydrogen-bond donors (Lipinski definition) is 3. The van der Waals surface area contributed by atoms with Gasteiger partial charge in [-0.05, 0) is 18.6 Å². The molecule has 0 heterocycles. The number of aryl methyl sites for hydroxylation is 1. The van der Waals surface area contributed by atoms with Crippen LogP contribution in [0, 0.1) is 6.92 Å². The highest BCUT2D eigenvalue weighted by Crippen LogP contribution is 2.12. The maximum Gasteiger partial charge on any atom is 0.169 e. The van der Waals surface area contributed by atoms with Gasteiger partial charge in [0.1, 0.15) is 0 Å². The number of aliphatic hydroxyl groups is 2. The highest BCUT2D eigenvalue weighted by atomic mass is 16.5. The van der Waals surface area contributed by atoms with E-state index in [9.17, 15) is 0 Å². The molecule has 1 aromatic rings. The van der Waals surface area contributed by atoms with Gasteiger partial charge < -0.3 is 15.5 Å². The van der Waals surface area contributed by atoms with Crippen molar-refractivity contribution in [2.75, 3.05) is 11.9 Å². The van der Waals surface area contributed by atoms with E-state index >= 15 is 0 Å². The zero-order valence-electron chi connectivity index (χ0n) is 6.99. The van der Waals surface area contributed by atoms with E-state index in [0.717, 1.165) is 11.3 Å². The van der Waals surface area contributed by atoms with Crippen molar-refractivity contribution >= 4 is 5.69 Å². The molecular formula is C9H13NO2. The lowest BCUT2D eigenvalue weighted by Gasteiger charge is -2.09. The van der Waals surface area contributed by atoms with Crippen molar-refractivity contribution in [1.29, 1.82) is 0 Å².